The highest BCUT2D eigenvalue weighted by Gasteiger charge is 2.29. The van der Waals surface area contributed by atoms with E-state index in [1.165, 1.54) is 0 Å². The van der Waals surface area contributed by atoms with Crippen molar-refractivity contribution in [3.63, 3.8) is 0 Å². The molecule has 0 aromatic heterocycles. The van der Waals surface area contributed by atoms with E-state index in [1.807, 2.05) is 60.7 Å². The molecule has 0 saturated heterocycles. The molecule has 2 aromatic rings. The van der Waals surface area contributed by atoms with E-state index in [2.05, 4.69) is 5.32 Å². The van der Waals surface area contributed by atoms with Gasteiger partial charge in [0.25, 0.3) is 5.91 Å². The SMILES string of the molecule is CC(C)(Oc1ccccc1)C(=O)NCc1ccccc1. The number of carbonyl (C=O) groups excluding carboxylic acids is 1. The predicted molar refractivity (Wildman–Crippen MR) is 79.4 cm³/mol. The normalized spacial score (nSPS) is 10.9. The van der Waals surface area contributed by atoms with Gasteiger partial charge in [0.2, 0.25) is 0 Å². The molecule has 0 fully saturated rings. The molecular formula is C17H19NO2. The summed E-state index contributed by atoms with van der Waals surface area (Å²) < 4.78 is 5.74. The van der Waals surface area contributed by atoms with Crippen LogP contribution in [0.2, 0.25) is 0 Å². The van der Waals surface area contributed by atoms with E-state index in [-0.39, 0.29) is 5.91 Å². The lowest BCUT2D eigenvalue weighted by molar-refractivity contribution is -0.134. The van der Waals surface area contributed by atoms with Crippen LogP contribution in [0.15, 0.2) is 60.7 Å². The molecule has 0 aliphatic heterocycles. The topological polar surface area (TPSA) is 38.3 Å². The zero-order valence-corrected chi connectivity index (χ0v) is 11.8. The Morgan fingerprint density at radius 3 is 2.15 bits per heavy atom. The van der Waals surface area contributed by atoms with Crippen LogP contribution in [0, 0.1) is 0 Å². The third kappa shape index (κ3) is 3.85. The van der Waals surface area contributed by atoms with Crippen molar-refractivity contribution in [2.45, 2.75) is 26.0 Å². The quantitative estimate of drug-likeness (QED) is 0.905. The molecule has 0 bridgehead atoms. The van der Waals surface area contributed by atoms with E-state index in [4.69, 9.17) is 4.74 Å². The predicted octanol–water partition coefficient (Wildman–Crippen LogP) is 3.16. The van der Waals surface area contributed by atoms with E-state index in [9.17, 15) is 4.79 Å². The maximum absolute atomic E-state index is 12.2. The van der Waals surface area contributed by atoms with E-state index in [1.54, 1.807) is 13.8 Å². The Labute approximate surface area is 119 Å². The first-order valence-electron chi connectivity index (χ1n) is 6.64. The highest BCUT2D eigenvalue weighted by atomic mass is 16.5. The number of rotatable bonds is 5. The van der Waals surface area contributed by atoms with Crippen LogP contribution in [0.25, 0.3) is 0 Å². The van der Waals surface area contributed by atoms with Crippen LogP contribution >= 0.6 is 0 Å². The van der Waals surface area contributed by atoms with Crippen LogP contribution in [-0.2, 0) is 11.3 Å². The van der Waals surface area contributed by atoms with Crippen molar-refractivity contribution in [3.8, 4) is 5.75 Å². The van der Waals surface area contributed by atoms with Gasteiger partial charge >= 0.3 is 0 Å². The summed E-state index contributed by atoms with van der Waals surface area (Å²) in [6.07, 6.45) is 0. The van der Waals surface area contributed by atoms with Gasteiger partial charge in [-0.15, -0.1) is 0 Å². The molecule has 0 spiro atoms. The first kappa shape index (κ1) is 14.1. The highest BCUT2D eigenvalue weighted by Crippen LogP contribution is 2.17. The van der Waals surface area contributed by atoms with Gasteiger partial charge in [0.15, 0.2) is 5.60 Å². The highest BCUT2D eigenvalue weighted by molar-refractivity contribution is 5.84. The van der Waals surface area contributed by atoms with Crippen LogP contribution < -0.4 is 10.1 Å². The lowest BCUT2D eigenvalue weighted by Gasteiger charge is -2.25. The van der Waals surface area contributed by atoms with E-state index in [0.717, 1.165) is 5.56 Å². The molecule has 3 heteroatoms. The minimum Gasteiger partial charge on any atom is -0.478 e. The van der Waals surface area contributed by atoms with E-state index in [0.29, 0.717) is 12.3 Å². The van der Waals surface area contributed by atoms with Gasteiger partial charge in [-0.05, 0) is 31.5 Å². The molecule has 0 aliphatic rings. The molecule has 2 rings (SSSR count). The minimum atomic E-state index is -0.907. The van der Waals surface area contributed by atoms with Crippen molar-refractivity contribution in [1.82, 2.24) is 5.32 Å². The van der Waals surface area contributed by atoms with Crippen molar-refractivity contribution in [1.29, 1.82) is 0 Å². The summed E-state index contributed by atoms with van der Waals surface area (Å²) in [6, 6.07) is 19.2. The first-order chi connectivity index (χ1) is 9.58. The third-order valence-electron chi connectivity index (χ3n) is 2.96. The number of ether oxygens (including phenoxy) is 1. The van der Waals surface area contributed by atoms with E-state index >= 15 is 0 Å². The fraction of sp³-hybridized carbons (Fsp3) is 0.235. The summed E-state index contributed by atoms with van der Waals surface area (Å²) in [5.41, 5.74) is 0.159. The molecule has 2 aromatic carbocycles. The number of carbonyl (C=O) groups is 1. The Hall–Kier alpha value is -2.29. The largest absolute Gasteiger partial charge is 0.478 e. The average Bonchev–Trinajstić information content (AvgIpc) is 2.46. The van der Waals surface area contributed by atoms with Crippen molar-refractivity contribution in [2.24, 2.45) is 0 Å². The van der Waals surface area contributed by atoms with Crippen LogP contribution in [0.1, 0.15) is 19.4 Å². The minimum absolute atomic E-state index is 0.134. The number of hydrogen-bond donors (Lipinski definition) is 1. The van der Waals surface area contributed by atoms with Crippen LogP contribution in [-0.4, -0.2) is 11.5 Å². The van der Waals surface area contributed by atoms with Gasteiger partial charge in [-0.25, -0.2) is 0 Å². The average molecular weight is 269 g/mol. The Morgan fingerprint density at radius 2 is 1.55 bits per heavy atom. The second-order valence-corrected chi connectivity index (χ2v) is 5.09. The number of benzene rings is 2. The van der Waals surface area contributed by atoms with Crippen molar-refractivity contribution in [3.05, 3.63) is 66.2 Å². The number of hydrogen-bond acceptors (Lipinski definition) is 2. The summed E-state index contributed by atoms with van der Waals surface area (Å²) in [4.78, 5) is 12.2. The summed E-state index contributed by atoms with van der Waals surface area (Å²) in [7, 11) is 0. The maximum atomic E-state index is 12.2. The zero-order chi connectivity index (χ0) is 14.4. The van der Waals surface area contributed by atoms with Gasteiger partial charge < -0.3 is 10.1 Å². The smallest absolute Gasteiger partial charge is 0.263 e. The van der Waals surface area contributed by atoms with Crippen molar-refractivity contribution in [2.75, 3.05) is 0 Å². The standard InChI is InChI=1S/C17H19NO2/c1-17(2,20-15-11-7-4-8-12-15)16(19)18-13-14-9-5-3-6-10-14/h3-12H,13H2,1-2H3,(H,18,19). The zero-order valence-electron chi connectivity index (χ0n) is 11.8. The molecule has 0 aliphatic carbocycles. The molecule has 0 unspecified atom stereocenters. The fourth-order valence-corrected chi connectivity index (χ4v) is 1.82. The van der Waals surface area contributed by atoms with Gasteiger partial charge in [0, 0.05) is 6.54 Å². The molecule has 1 amide bonds. The Morgan fingerprint density at radius 1 is 1.00 bits per heavy atom. The van der Waals surface area contributed by atoms with Gasteiger partial charge in [0.1, 0.15) is 5.75 Å². The number of nitrogens with one attached hydrogen (secondary N) is 1. The van der Waals surface area contributed by atoms with Crippen molar-refractivity contribution < 1.29 is 9.53 Å². The Bertz CT molecular complexity index is 550. The maximum Gasteiger partial charge on any atom is 0.263 e. The fourth-order valence-electron chi connectivity index (χ4n) is 1.82. The van der Waals surface area contributed by atoms with Gasteiger partial charge in [0.05, 0.1) is 0 Å². The molecule has 0 heterocycles. The van der Waals surface area contributed by atoms with Crippen LogP contribution in [0.4, 0.5) is 0 Å². The summed E-state index contributed by atoms with van der Waals surface area (Å²) >= 11 is 0. The monoisotopic (exact) mass is 269 g/mol. The van der Waals surface area contributed by atoms with Crippen molar-refractivity contribution >= 4 is 5.91 Å². The van der Waals surface area contributed by atoms with E-state index < -0.39 is 5.60 Å². The summed E-state index contributed by atoms with van der Waals surface area (Å²) in [6.45, 7) is 4.03. The van der Waals surface area contributed by atoms with Gasteiger partial charge in [-0.1, -0.05) is 48.5 Å². The third-order valence-corrected chi connectivity index (χ3v) is 2.96. The second kappa shape index (κ2) is 6.24. The molecule has 0 radical (unpaired) electrons. The molecule has 0 atom stereocenters. The number of para-hydroxylation sites is 1. The summed E-state index contributed by atoms with van der Waals surface area (Å²) in [5.74, 6) is 0.553. The first-order valence-corrected chi connectivity index (χ1v) is 6.64. The van der Waals surface area contributed by atoms with Crippen LogP contribution in [0.3, 0.4) is 0 Å². The second-order valence-electron chi connectivity index (χ2n) is 5.09. The lowest BCUT2D eigenvalue weighted by Crippen LogP contribution is -2.46. The Balaban J connectivity index is 1.93. The Kier molecular flexibility index (Phi) is 4.41. The molecule has 1 N–H and O–H groups in total. The lowest BCUT2D eigenvalue weighted by atomic mass is 10.1. The molecular weight excluding hydrogens is 250 g/mol. The van der Waals surface area contributed by atoms with Gasteiger partial charge in [-0.3, -0.25) is 4.79 Å². The molecule has 0 saturated carbocycles. The molecule has 3 nitrogen and oxygen atoms in total. The molecule has 20 heavy (non-hydrogen) atoms. The number of amides is 1. The molecule has 104 valence electrons. The van der Waals surface area contributed by atoms with Crippen LogP contribution in [0.5, 0.6) is 5.75 Å². The van der Waals surface area contributed by atoms with Gasteiger partial charge in [-0.2, -0.15) is 0 Å². The summed E-state index contributed by atoms with van der Waals surface area (Å²) in [5, 5.41) is 2.90.